The fourth-order valence-corrected chi connectivity index (χ4v) is 7.27. The molecule has 0 aliphatic carbocycles. The van der Waals surface area contributed by atoms with Crippen molar-refractivity contribution in [2.45, 2.75) is 151 Å². The normalized spacial score (nSPS) is 13.7. The van der Waals surface area contributed by atoms with Crippen LogP contribution in [-0.2, 0) is 0 Å². The molecule has 0 atom stereocenters. The lowest BCUT2D eigenvalue weighted by atomic mass is 9.84. The molecule has 232 valence electrons. The van der Waals surface area contributed by atoms with Crippen LogP contribution in [0.1, 0.15) is 173 Å². The van der Waals surface area contributed by atoms with Gasteiger partial charge in [-0.25, -0.2) is 0 Å². The lowest BCUT2D eigenvalue weighted by Gasteiger charge is -2.35. The highest BCUT2D eigenvalue weighted by molar-refractivity contribution is 5.77. The average Bonchev–Trinajstić information content (AvgIpc) is 3.42. The van der Waals surface area contributed by atoms with Gasteiger partial charge in [-0.2, -0.15) is 0 Å². The van der Waals surface area contributed by atoms with E-state index in [0.717, 1.165) is 6.42 Å². The van der Waals surface area contributed by atoms with Gasteiger partial charge in [0.1, 0.15) is 5.82 Å². The first-order chi connectivity index (χ1) is 20.3. The molecule has 0 spiro atoms. The van der Waals surface area contributed by atoms with Crippen molar-refractivity contribution in [3.8, 4) is 0 Å². The molecule has 0 bridgehead atoms. The van der Waals surface area contributed by atoms with Crippen LogP contribution in [0.4, 0.5) is 11.4 Å². The molecule has 0 N–H and O–H groups in total. The van der Waals surface area contributed by atoms with E-state index in [-0.39, 0.29) is 0 Å². The van der Waals surface area contributed by atoms with Crippen molar-refractivity contribution in [3.63, 3.8) is 0 Å². The Hall–Kier alpha value is -2.48. The number of nitrogens with zero attached hydrogens (tertiary/aromatic N) is 2. The van der Waals surface area contributed by atoms with Crippen molar-refractivity contribution < 1.29 is 0 Å². The molecule has 2 aromatic carbocycles. The number of hydrogen-bond donors (Lipinski definition) is 0. The zero-order valence-corrected chi connectivity index (χ0v) is 28.8. The van der Waals surface area contributed by atoms with E-state index in [1.165, 1.54) is 90.8 Å². The molecular weight excluding hydrogens is 508 g/mol. The third-order valence-electron chi connectivity index (χ3n) is 10.0. The predicted octanol–water partition coefficient (Wildman–Crippen LogP) is 13.0. The SMILES string of the molecule is CCC(CC)c1cccc(C(CC)CC)c1N1C=CN(c2c(C(CC)CC)cccc2C(CC)CC)C1=CCC(C)C. The molecule has 2 heteroatoms. The molecule has 0 saturated heterocycles. The molecule has 0 unspecified atom stereocenters. The van der Waals surface area contributed by atoms with Crippen molar-refractivity contribution in [1.29, 1.82) is 0 Å². The summed E-state index contributed by atoms with van der Waals surface area (Å²) in [7, 11) is 0. The second-order valence-corrected chi connectivity index (χ2v) is 12.9. The maximum Gasteiger partial charge on any atom is 0.117 e. The number of benzene rings is 2. The molecule has 0 radical (unpaired) electrons. The van der Waals surface area contributed by atoms with Gasteiger partial charge in [0.05, 0.1) is 11.4 Å². The number of rotatable bonds is 16. The van der Waals surface area contributed by atoms with Crippen LogP contribution in [0.25, 0.3) is 0 Å². The number of para-hydroxylation sites is 2. The van der Waals surface area contributed by atoms with Gasteiger partial charge >= 0.3 is 0 Å². The van der Waals surface area contributed by atoms with Crippen LogP contribution in [0.5, 0.6) is 0 Å². The highest BCUT2D eigenvalue weighted by atomic mass is 15.4. The monoisotopic (exact) mass is 570 g/mol. The Bertz CT molecular complexity index is 1010. The van der Waals surface area contributed by atoms with E-state index in [1.807, 2.05) is 0 Å². The number of anilines is 2. The van der Waals surface area contributed by atoms with E-state index >= 15 is 0 Å². The van der Waals surface area contributed by atoms with Gasteiger partial charge in [-0.1, -0.05) is 106 Å². The second-order valence-electron chi connectivity index (χ2n) is 12.9. The first kappa shape index (κ1) is 34.0. The minimum absolute atomic E-state index is 0.556. The third kappa shape index (κ3) is 7.17. The second kappa shape index (κ2) is 16.4. The molecule has 1 heterocycles. The number of hydrogen-bond acceptors (Lipinski definition) is 2. The van der Waals surface area contributed by atoms with Crippen LogP contribution < -0.4 is 9.80 Å². The van der Waals surface area contributed by atoms with Crippen molar-refractivity contribution in [2.75, 3.05) is 9.80 Å². The summed E-state index contributed by atoms with van der Waals surface area (Å²) in [5.74, 6) is 4.14. The van der Waals surface area contributed by atoms with Gasteiger partial charge < -0.3 is 9.80 Å². The Labute approximate surface area is 260 Å². The third-order valence-corrected chi connectivity index (χ3v) is 10.0. The quantitative estimate of drug-likeness (QED) is 0.198. The molecule has 0 fully saturated rings. The molecule has 0 amide bonds. The lowest BCUT2D eigenvalue weighted by molar-refractivity contribution is 0.621. The van der Waals surface area contributed by atoms with Crippen molar-refractivity contribution in [2.24, 2.45) is 5.92 Å². The molecular formula is C40H62N2. The van der Waals surface area contributed by atoms with E-state index in [2.05, 4.69) is 134 Å². The molecule has 3 rings (SSSR count). The van der Waals surface area contributed by atoms with Crippen LogP contribution in [0, 0.1) is 5.92 Å². The fourth-order valence-electron chi connectivity index (χ4n) is 7.27. The van der Waals surface area contributed by atoms with E-state index < -0.39 is 0 Å². The van der Waals surface area contributed by atoms with Crippen LogP contribution in [0.2, 0.25) is 0 Å². The Morgan fingerprint density at radius 2 is 0.786 bits per heavy atom. The minimum Gasteiger partial charge on any atom is -0.301 e. The van der Waals surface area contributed by atoms with Gasteiger partial charge in [0, 0.05) is 12.4 Å². The first-order valence-electron chi connectivity index (χ1n) is 17.6. The van der Waals surface area contributed by atoms with Crippen LogP contribution >= 0.6 is 0 Å². The fraction of sp³-hybridized carbons (Fsp3) is 0.600. The summed E-state index contributed by atoms with van der Waals surface area (Å²) in [6, 6.07) is 14.3. The maximum atomic E-state index is 2.59. The van der Waals surface area contributed by atoms with Gasteiger partial charge in [-0.05, 0) is 116 Å². The smallest absolute Gasteiger partial charge is 0.117 e. The van der Waals surface area contributed by atoms with E-state index in [0.29, 0.717) is 29.6 Å². The molecule has 1 aliphatic heterocycles. The van der Waals surface area contributed by atoms with Crippen molar-refractivity contribution in [1.82, 2.24) is 0 Å². The van der Waals surface area contributed by atoms with Gasteiger partial charge in [0.2, 0.25) is 0 Å². The van der Waals surface area contributed by atoms with Gasteiger partial charge in [-0.3, -0.25) is 0 Å². The summed E-state index contributed by atoms with van der Waals surface area (Å²) in [5.41, 5.74) is 8.94. The molecule has 2 nitrogen and oxygen atoms in total. The summed E-state index contributed by atoms with van der Waals surface area (Å²) in [4.78, 5) is 5.17. The van der Waals surface area contributed by atoms with Gasteiger partial charge in [0.15, 0.2) is 0 Å². The molecule has 0 saturated carbocycles. The minimum atomic E-state index is 0.556. The Kier molecular flexibility index (Phi) is 13.3. The van der Waals surface area contributed by atoms with E-state index in [1.54, 1.807) is 0 Å². The summed E-state index contributed by atoms with van der Waals surface area (Å²) >= 11 is 0. The number of allylic oxidation sites excluding steroid dienone is 1. The topological polar surface area (TPSA) is 6.48 Å². The zero-order valence-electron chi connectivity index (χ0n) is 28.8. The van der Waals surface area contributed by atoms with Gasteiger partial charge in [-0.15, -0.1) is 0 Å². The predicted molar refractivity (Wildman–Crippen MR) is 188 cm³/mol. The summed E-state index contributed by atoms with van der Waals surface area (Å²) in [6.07, 6.45) is 17.7. The largest absolute Gasteiger partial charge is 0.301 e. The molecule has 42 heavy (non-hydrogen) atoms. The van der Waals surface area contributed by atoms with Crippen molar-refractivity contribution >= 4 is 11.4 Å². The highest BCUT2D eigenvalue weighted by Crippen LogP contribution is 2.47. The maximum absolute atomic E-state index is 2.59. The molecule has 1 aliphatic rings. The Morgan fingerprint density at radius 1 is 0.500 bits per heavy atom. The Morgan fingerprint density at radius 3 is 1.02 bits per heavy atom. The molecule has 0 aromatic heterocycles. The highest BCUT2D eigenvalue weighted by Gasteiger charge is 2.32. The Balaban J connectivity index is 2.36. The van der Waals surface area contributed by atoms with Crippen molar-refractivity contribution in [3.05, 3.63) is 82.9 Å². The average molecular weight is 571 g/mol. The lowest BCUT2D eigenvalue weighted by Crippen LogP contribution is -2.27. The van der Waals surface area contributed by atoms with Crippen LogP contribution in [0.3, 0.4) is 0 Å². The molecule has 2 aromatic rings. The van der Waals surface area contributed by atoms with E-state index in [9.17, 15) is 0 Å². The summed E-state index contributed by atoms with van der Waals surface area (Å²) in [5, 5.41) is 0. The van der Waals surface area contributed by atoms with E-state index in [4.69, 9.17) is 0 Å². The first-order valence-corrected chi connectivity index (χ1v) is 17.6. The van der Waals surface area contributed by atoms with Gasteiger partial charge in [0.25, 0.3) is 0 Å². The zero-order chi connectivity index (χ0) is 30.8. The van der Waals surface area contributed by atoms with Crippen LogP contribution in [-0.4, -0.2) is 0 Å². The summed E-state index contributed by atoms with van der Waals surface area (Å²) in [6.45, 7) is 23.6. The van der Waals surface area contributed by atoms with Crippen LogP contribution in [0.15, 0.2) is 60.7 Å². The summed E-state index contributed by atoms with van der Waals surface area (Å²) < 4.78 is 0. The standard InChI is InChI=1S/C40H62N2/c1-11-30(12-2)34-21-19-22-35(31(13-3)14-4)39(34)41-27-28-42(38(41)26-25-29(9)10)40-36(32(15-5)16-6)23-20-24-37(40)33(17-7)18-8/h19-24,26-33H,11-18,25H2,1-10H3.